The van der Waals surface area contributed by atoms with Crippen molar-refractivity contribution in [3.63, 3.8) is 0 Å². The van der Waals surface area contributed by atoms with Gasteiger partial charge in [0.25, 0.3) is 17.7 Å². The maximum Gasteiger partial charge on any atom is 1.00 e. The molecule has 15 heteroatoms. The molecule has 2 atom stereocenters. The Morgan fingerprint density at radius 2 is 1.89 bits per heavy atom. The number of nitrogens with one attached hydrogen (secondary N) is 1. The number of nitrogen functional groups attached to an aromatic ring is 1. The first-order valence-electron chi connectivity index (χ1n) is 14.1. The van der Waals surface area contributed by atoms with Crippen molar-refractivity contribution < 1.29 is 63.8 Å². The van der Waals surface area contributed by atoms with Crippen molar-refractivity contribution in [2.24, 2.45) is 5.16 Å². The fourth-order valence-corrected chi connectivity index (χ4v) is 6.54. The molecule has 1 aliphatic carbocycles. The van der Waals surface area contributed by atoms with Gasteiger partial charge in [-0.2, -0.15) is 0 Å². The van der Waals surface area contributed by atoms with Gasteiger partial charge in [0.15, 0.2) is 10.8 Å². The number of thiazole rings is 1. The second kappa shape index (κ2) is 13.1. The van der Waals surface area contributed by atoms with Crippen LogP contribution in [0.3, 0.4) is 0 Å². The molecule has 3 aliphatic heterocycles. The van der Waals surface area contributed by atoms with Crippen LogP contribution in [0.2, 0.25) is 0 Å². The molecule has 44 heavy (non-hydrogen) atoms. The average molecular weight is 629 g/mol. The number of benzene rings is 1. The number of amides is 3. The SMILES string of the molecule is Nc1nc(/C(=N/OC2CCCC2)C(=O)N[C@@H]2C(=O)N3C(C(=O)[O-])=C(/C=C4\CCN(c5ccc(O)cc5)C4=O)CC[C@H]23)cs1.[Na+]. The zero-order valence-corrected chi connectivity index (χ0v) is 26.8. The largest absolute Gasteiger partial charge is 1.00 e. The van der Waals surface area contributed by atoms with Crippen LogP contribution in [-0.2, 0) is 24.0 Å². The normalized spacial score (nSPS) is 23.0. The molecule has 1 aromatic carbocycles. The predicted octanol–water partition coefficient (Wildman–Crippen LogP) is -2.05. The Bertz CT molecular complexity index is 1580. The number of aromatic hydroxyl groups is 1. The topological polar surface area (TPSA) is 191 Å². The summed E-state index contributed by atoms with van der Waals surface area (Å²) in [6.07, 6.45) is 6.09. The van der Waals surface area contributed by atoms with Gasteiger partial charge in [0.05, 0.1) is 17.7 Å². The number of allylic oxidation sites excluding steroid dienone is 2. The van der Waals surface area contributed by atoms with E-state index in [1.165, 1.54) is 18.2 Å². The van der Waals surface area contributed by atoms with Gasteiger partial charge in [-0.3, -0.25) is 14.4 Å². The molecule has 6 rings (SSSR count). The average Bonchev–Trinajstić information content (AvgIpc) is 3.75. The number of β-lactam (4-membered cyclic amide) rings is 1. The number of rotatable bonds is 8. The zero-order valence-electron chi connectivity index (χ0n) is 24.0. The van der Waals surface area contributed by atoms with Crippen LogP contribution in [0.5, 0.6) is 5.75 Å². The number of aliphatic carboxylic acids is 1. The number of oxime groups is 1. The molecule has 0 bridgehead atoms. The number of carbonyl (C=O) groups is 4. The maximum absolute atomic E-state index is 13.3. The molecule has 2 saturated heterocycles. The molecular formula is C29H29N6NaO7S. The summed E-state index contributed by atoms with van der Waals surface area (Å²) < 4.78 is 0. The van der Waals surface area contributed by atoms with Gasteiger partial charge in [0.1, 0.15) is 23.6 Å². The quantitative estimate of drug-likeness (QED) is 0.0972. The molecule has 0 radical (unpaired) electrons. The van der Waals surface area contributed by atoms with Crippen molar-refractivity contribution in [3.05, 3.63) is 58.3 Å². The Hall–Kier alpha value is -3.72. The minimum absolute atomic E-state index is 0. The van der Waals surface area contributed by atoms with Crippen molar-refractivity contribution >= 4 is 51.6 Å². The minimum atomic E-state index is -1.54. The van der Waals surface area contributed by atoms with E-state index in [2.05, 4.69) is 15.5 Å². The molecule has 0 unspecified atom stereocenters. The van der Waals surface area contributed by atoms with E-state index in [1.807, 2.05) is 0 Å². The van der Waals surface area contributed by atoms with E-state index < -0.39 is 29.9 Å². The van der Waals surface area contributed by atoms with Crippen LogP contribution in [0, 0.1) is 0 Å². The van der Waals surface area contributed by atoms with E-state index in [-0.39, 0.29) is 76.0 Å². The molecule has 13 nitrogen and oxygen atoms in total. The summed E-state index contributed by atoms with van der Waals surface area (Å²) in [6, 6.07) is 4.62. The molecule has 3 fully saturated rings. The fourth-order valence-electron chi connectivity index (χ4n) is 5.99. The van der Waals surface area contributed by atoms with E-state index in [4.69, 9.17) is 10.6 Å². The Morgan fingerprint density at radius 3 is 2.55 bits per heavy atom. The van der Waals surface area contributed by atoms with Crippen molar-refractivity contribution in [3.8, 4) is 5.75 Å². The van der Waals surface area contributed by atoms with E-state index in [0.29, 0.717) is 36.2 Å². The molecular weight excluding hydrogens is 599 g/mol. The Morgan fingerprint density at radius 1 is 1.16 bits per heavy atom. The third-order valence-electron chi connectivity index (χ3n) is 8.16. The number of aromatic nitrogens is 1. The summed E-state index contributed by atoms with van der Waals surface area (Å²) in [5.74, 6) is -3.04. The minimum Gasteiger partial charge on any atom is -0.543 e. The molecule has 4 aliphatic rings. The Kier molecular flexibility index (Phi) is 9.44. The van der Waals surface area contributed by atoms with Gasteiger partial charge in [-0.15, -0.1) is 11.3 Å². The smallest absolute Gasteiger partial charge is 0.543 e. The maximum atomic E-state index is 13.3. The summed E-state index contributed by atoms with van der Waals surface area (Å²) in [6.45, 7) is 0.391. The summed E-state index contributed by atoms with van der Waals surface area (Å²) >= 11 is 1.14. The third-order valence-corrected chi connectivity index (χ3v) is 8.84. The molecule has 224 valence electrons. The predicted molar refractivity (Wildman–Crippen MR) is 153 cm³/mol. The van der Waals surface area contributed by atoms with E-state index in [9.17, 15) is 29.4 Å². The first kappa shape index (κ1) is 31.7. The van der Waals surface area contributed by atoms with Gasteiger partial charge < -0.3 is 40.7 Å². The molecule has 4 heterocycles. The van der Waals surface area contributed by atoms with Gasteiger partial charge in [0.2, 0.25) is 0 Å². The molecule has 2 aromatic rings. The van der Waals surface area contributed by atoms with E-state index in [0.717, 1.165) is 41.9 Å². The Balaban J connectivity index is 0.00000384. The molecule has 0 spiro atoms. The zero-order chi connectivity index (χ0) is 30.2. The van der Waals surface area contributed by atoms with Gasteiger partial charge >= 0.3 is 29.6 Å². The van der Waals surface area contributed by atoms with Crippen molar-refractivity contribution in [2.45, 2.75) is 63.1 Å². The third kappa shape index (κ3) is 6.11. The monoisotopic (exact) mass is 628 g/mol. The van der Waals surface area contributed by atoms with Crippen molar-refractivity contribution in [2.75, 3.05) is 17.2 Å². The van der Waals surface area contributed by atoms with E-state index >= 15 is 0 Å². The number of hydrogen-bond acceptors (Lipinski definition) is 11. The van der Waals surface area contributed by atoms with Crippen LogP contribution in [0.4, 0.5) is 10.8 Å². The van der Waals surface area contributed by atoms with Crippen LogP contribution in [0.15, 0.2) is 57.7 Å². The van der Waals surface area contributed by atoms with Crippen LogP contribution in [-0.4, -0.2) is 69.1 Å². The molecule has 4 N–H and O–H groups in total. The number of anilines is 2. The van der Waals surface area contributed by atoms with Crippen LogP contribution >= 0.6 is 11.3 Å². The second-order valence-corrected chi connectivity index (χ2v) is 11.7. The summed E-state index contributed by atoms with van der Waals surface area (Å²) in [5, 5.41) is 30.4. The molecule has 1 saturated carbocycles. The van der Waals surface area contributed by atoms with Crippen LogP contribution < -0.4 is 50.6 Å². The Labute approximate surface area is 278 Å². The number of phenolic OH excluding ortho intramolecular Hbond substituents is 1. The number of carbonyl (C=O) groups excluding carboxylic acids is 4. The molecule has 1 aromatic heterocycles. The van der Waals surface area contributed by atoms with Crippen molar-refractivity contribution in [1.82, 2.24) is 15.2 Å². The first-order valence-corrected chi connectivity index (χ1v) is 14.9. The van der Waals surface area contributed by atoms with Crippen LogP contribution in [0.1, 0.15) is 50.6 Å². The molecule has 3 amide bonds. The van der Waals surface area contributed by atoms with Crippen molar-refractivity contribution in [1.29, 1.82) is 0 Å². The number of nitrogens with zero attached hydrogens (tertiary/aromatic N) is 4. The van der Waals surface area contributed by atoms with Gasteiger partial charge in [-0.25, -0.2) is 4.98 Å². The number of fused-ring (bicyclic) bond motifs is 1. The summed E-state index contributed by atoms with van der Waals surface area (Å²) in [5.41, 5.74) is 6.90. The second-order valence-electron chi connectivity index (χ2n) is 10.8. The van der Waals surface area contributed by atoms with Gasteiger partial charge in [-0.05, 0) is 80.9 Å². The summed E-state index contributed by atoms with van der Waals surface area (Å²) in [4.78, 5) is 64.4. The van der Waals surface area contributed by atoms with Gasteiger partial charge in [-0.1, -0.05) is 5.16 Å². The fraction of sp³-hybridized carbons (Fsp3) is 0.379. The number of nitrogens with two attached hydrogens (primary N) is 1. The number of hydrogen-bond donors (Lipinski definition) is 3. The number of carboxylic acids is 1. The summed E-state index contributed by atoms with van der Waals surface area (Å²) in [7, 11) is 0. The van der Waals surface area contributed by atoms with Gasteiger partial charge in [0, 0.05) is 23.2 Å². The standard InChI is InChI=1S/C29H30N6O7S.Na/c30-29-31-20(14-43-29)22(33-42-19-3-1-2-4-19)25(37)32-23-21-10-5-15(24(28(40)41)35(21)27(23)39)13-16-11-12-34(26(16)38)17-6-8-18(36)9-7-17;/h6-9,13-14,19,21,23,36H,1-5,10-12H2,(H2,30,31)(H,32,37)(H,40,41);/q;+1/p-1/b16-13+,33-22-;/t21-,23+;/m1./s1. The van der Waals surface area contributed by atoms with Crippen LogP contribution in [0.25, 0.3) is 0 Å². The number of carboxylic acid groups (broad SMARTS) is 1. The first-order chi connectivity index (χ1) is 20.7. The van der Waals surface area contributed by atoms with E-state index in [1.54, 1.807) is 22.4 Å². The number of phenols is 1.